The van der Waals surface area contributed by atoms with E-state index in [1.165, 1.54) is 5.56 Å². The van der Waals surface area contributed by atoms with Crippen molar-refractivity contribution in [1.29, 1.82) is 0 Å². The van der Waals surface area contributed by atoms with Crippen LogP contribution in [0.25, 0.3) is 0 Å². The number of thiophene rings is 1. The Morgan fingerprint density at radius 3 is 2.79 bits per heavy atom. The van der Waals surface area contributed by atoms with Crippen molar-refractivity contribution < 1.29 is 4.39 Å². The van der Waals surface area contributed by atoms with Gasteiger partial charge in [0.25, 0.3) is 0 Å². The van der Waals surface area contributed by atoms with Gasteiger partial charge in [-0.1, -0.05) is 6.07 Å². The number of nitrogens with zero attached hydrogens (tertiary/aromatic N) is 1. The molecule has 1 unspecified atom stereocenters. The Morgan fingerprint density at radius 2 is 2.21 bits per heavy atom. The van der Waals surface area contributed by atoms with Crippen LogP contribution in [0.2, 0.25) is 0 Å². The minimum Gasteiger partial charge on any atom is -0.329 e. The number of nitrogens with two attached hydrogens (primary N) is 1. The average Bonchev–Trinajstić information content (AvgIpc) is 2.87. The zero-order valence-corrected chi connectivity index (χ0v) is 13.0. The lowest BCUT2D eigenvalue weighted by Gasteiger charge is -2.27. The smallest absolute Gasteiger partial charge is 0.137 e. The van der Waals surface area contributed by atoms with E-state index in [9.17, 15) is 4.39 Å². The number of rotatable bonds is 5. The number of likely N-dealkylation sites (N-methyl/N-ethyl adjacent to an activating group) is 1. The van der Waals surface area contributed by atoms with E-state index in [0.717, 1.165) is 12.1 Å². The van der Waals surface area contributed by atoms with Gasteiger partial charge in [-0.05, 0) is 63.1 Å². The molecule has 2 N–H and O–H groups in total. The molecule has 0 spiro atoms. The molecule has 2 rings (SSSR count). The van der Waals surface area contributed by atoms with E-state index in [2.05, 4.69) is 37.7 Å². The quantitative estimate of drug-likeness (QED) is 0.895. The molecule has 1 atom stereocenters. The van der Waals surface area contributed by atoms with Gasteiger partial charge in [0.1, 0.15) is 5.82 Å². The summed E-state index contributed by atoms with van der Waals surface area (Å²) in [4.78, 5) is 2.14. The van der Waals surface area contributed by atoms with Crippen molar-refractivity contribution in [2.75, 3.05) is 13.6 Å². The summed E-state index contributed by atoms with van der Waals surface area (Å²) in [5.41, 5.74) is 8.01. The molecule has 0 aliphatic carbocycles. The maximum absolute atomic E-state index is 13.6. The molecule has 1 aromatic heterocycles. The van der Waals surface area contributed by atoms with E-state index in [-0.39, 0.29) is 11.9 Å². The molecule has 0 bridgehead atoms. The maximum Gasteiger partial charge on any atom is 0.137 e. The van der Waals surface area contributed by atoms with Crippen molar-refractivity contribution in [3.63, 3.8) is 0 Å². The van der Waals surface area contributed by atoms with Crippen molar-refractivity contribution in [3.05, 3.63) is 56.4 Å². The first-order chi connectivity index (χ1) is 9.11. The maximum atomic E-state index is 13.6. The SMILES string of the molecule is CN(Cc1ccsc1)C(CN)c1ccc(Br)c(F)c1. The molecule has 1 aromatic carbocycles. The highest BCUT2D eigenvalue weighted by molar-refractivity contribution is 9.10. The molecule has 0 saturated carbocycles. The van der Waals surface area contributed by atoms with Crippen molar-refractivity contribution >= 4 is 27.3 Å². The third-order valence-electron chi connectivity index (χ3n) is 3.10. The molecule has 0 amide bonds. The highest BCUT2D eigenvalue weighted by Crippen LogP contribution is 2.25. The van der Waals surface area contributed by atoms with Gasteiger partial charge < -0.3 is 5.73 Å². The van der Waals surface area contributed by atoms with Crippen LogP contribution < -0.4 is 5.73 Å². The van der Waals surface area contributed by atoms with E-state index in [1.807, 2.05) is 13.1 Å². The number of hydrogen-bond donors (Lipinski definition) is 1. The van der Waals surface area contributed by atoms with E-state index in [0.29, 0.717) is 11.0 Å². The minimum absolute atomic E-state index is 0.0162. The topological polar surface area (TPSA) is 29.3 Å². The largest absolute Gasteiger partial charge is 0.329 e. The van der Waals surface area contributed by atoms with Gasteiger partial charge in [-0.3, -0.25) is 4.90 Å². The number of halogens is 2. The molecule has 102 valence electrons. The standard InChI is InChI=1S/C14H16BrFN2S/c1-18(8-10-4-5-19-9-10)14(7-17)11-2-3-12(15)13(16)6-11/h2-6,9,14H,7-8,17H2,1H3. The Balaban J connectivity index is 2.16. The van der Waals surface area contributed by atoms with Crippen molar-refractivity contribution in [3.8, 4) is 0 Å². The summed E-state index contributed by atoms with van der Waals surface area (Å²) in [5.74, 6) is -0.250. The Kier molecular flexibility index (Phi) is 5.10. The van der Waals surface area contributed by atoms with E-state index in [4.69, 9.17) is 5.73 Å². The van der Waals surface area contributed by atoms with Gasteiger partial charge in [-0.15, -0.1) is 0 Å². The van der Waals surface area contributed by atoms with Crippen LogP contribution in [-0.4, -0.2) is 18.5 Å². The highest BCUT2D eigenvalue weighted by Gasteiger charge is 2.17. The number of benzene rings is 1. The molecule has 0 fully saturated rings. The van der Waals surface area contributed by atoms with Crippen LogP contribution in [0.5, 0.6) is 0 Å². The molecule has 2 aromatic rings. The first-order valence-electron chi connectivity index (χ1n) is 5.98. The number of hydrogen-bond acceptors (Lipinski definition) is 3. The van der Waals surface area contributed by atoms with Gasteiger partial charge >= 0.3 is 0 Å². The zero-order valence-electron chi connectivity index (χ0n) is 10.6. The molecular weight excluding hydrogens is 327 g/mol. The second-order valence-electron chi connectivity index (χ2n) is 4.47. The van der Waals surface area contributed by atoms with Crippen molar-refractivity contribution in [2.45, 2.75) is 12.6 Å². The second-order valence-corrected chi connectivity index (χ2v) is 6.11. The van der Waals surface area contributed by atoms with Crippen LogP contribution in [-0.2, 0) is 6.54 Å². The predicted octanol–water partition coefficient (Wildman–Crippen LogP) is 3.78. The first-order valence-corrected chi connectivity index (χ1v) is 7.71. The molecule has 0 aliphatic heterocycles. The van der Waals surface area contributed by atoms with E-state index >= 15 is 0 Å². The fraction of sp³-hybridized carbons (Fsp3) is 0.286. The summed E-state index contributed by atoms with van der Waals surface area (Å²) < 4.78 is 14.1. The lowest BCUT2D eigenvalue weighted by atomic mass is 10.1. The lowest BCUT2D eigenvalue weighted by Crippen LogP contribution is -2.30. The van der Waals surface area contributed by atoms with Crippen molar-refractivity contribution in [2.24, 2.45) is 5.73 Å². The molecular formula is C14H16BrFN2S. The van der Waals surface area contributed by atoms with Crippen LogP contribution in [0, 0.1) is 5.82 Å². The summed E-state index contributed by atoms with van der Waals surface area (Å²) in [6.07, 6.45) is 0. The Bertz CT molecular complexity index is 530. The van der Waals surface area contributed by atoms with Gasteiger partial charge in [0, 0.05) is 19.1 Å². The van der Waals surface area contributed by atoms with Gasteiger partial charge in [0.15, 0.2) is 0 Å². The van der Waals surface area contributed by atoms with E-state index in [1.54, 1.807) is 23.5 Å². The van der Waals surface area contributed by atoms with Gasteiger partial charge in [-0.2, -0.15) is 11.3 Å². The summed E-state index contributed by atoms with van der Waals surface area (Å²) >= 11 is 4.84. The van der Waals surface area contributed by atoms with Gasteiger partial charge in [0.05, 0.1) is 4.47 Å². The molecule has 19 heavy (non-hydrogen) atoms. The molecule has 0 aliphatic rings. The summed E-state index contributed by atoms with van der Waals surface area (Å²) in [5, 5.41) is 4.17. The lowest BCUT2D eigenvalue weighted by molar-refractivity contribution is 0.241. The zero-order chi connectivity index (χ0) is 13.8. The molecule has 0 saturated heterocycles. The van der Waals surface area contributed by atoms with Crippen LogP contribution in [0.15, 0.2) is 39.5 Å². The predicted molar refractivity (Wildman–Crippen MR) is 81.7 cm³/mol. The molecule has 0 radical (unpaired) electrons. The van der Waals surface area contributed by atoms with Crippen LogP contribution in [0.1, 0.15) is 17.2 Å². The summed E-state index contributed by atoms with van der Waals surface area (Å²) in [7, 11) is 2.01. The Labute approximate surface area is 125 Å². The molecule has 1 heterocycles. The van der Waals surface area contributed by atoms with Crippen molar-refractivity contribution in [1.82, 2.24) is 4.90 Å². The van der Waals surface area contributed by atoms with E-state index < -0.39 is 0 Å². The van der Waals surface area contributed by atoms with Crippen LogP contribution in [0.4, 0.5) is 4.39 Å². The highest BCUT2D eigenvalue weighted by atomic mass is 79.9. The second kappa shape index (κ2) is 6.61. The average molecular weight is 343 g/mol. The van der Waals surface area contributed by atoms with Gasteiger partial charge in [0.2, 0.25) is 0 Å². The Hall–Kier alpha value is -0.750. The third kappa shape index (κ3) is 3.63. The summed E-state index contributed by atoms with van der Waals surface area (Å²) in [6, 6.07) is 7.30. The third-order valence-corrected chi connectivity index (χ3v) is 4.47. The van der Waals surface area contributed by atoms with Gasteiger partial charge in [-0.25, -0.2) is 4.39 Å². The fourth-order valence-corrected chi connectivity index (χ4v) is 2.98. The molecule has 5 heteroatoms. The Morgan fingerprint density at radius 1 is 1.42 bits per heavy atom. The summed E-state index contributed by atoms with van der Waals surface area (Å²) in [6.45, 7) is 1.27. The van der Waals surface area contributed by atoms with Crippen LogP contribution >= 0.6 is 27.3 Å². The first kappa shape index (κ1) is 14.7. The molecule has 2 nitrogen and oxygen atoms in total. The van der Waals surface area contributed by atoms with Crippen LogP contribution in [0.3, 0.4) is 0 Å². The minimum atomic E-state index is -0.250. The monoisotopic (exact) mass is 342 g/mol. The fourth-order valence-electron chi connectivity index (χ4n) is 2.07. The normalized spacial score (nSPS) is 12.9.